The van der Waals surface area contributed by atoms with Crippen molar-refractivity contribution in [3.05, 3.63) is 148 Å². The van der Waals surface area contributed by atoms with Crippen molar-refractivity contribution in [1.82, 2.24) is 0 Å². The van der Waals surface area contributed by atoms with Crippen molar-refractivity contribution in [2.75, 3.05) is 4.90 Å². The van der Waals surface area contributed by atoms with Crippen LogP contribution in [0, 0.1) is 0 Å². The van der Waals surface area contributed by atoms with Gasteiger partial charge in [-0.1, -0.05) is 84.9 Å². The van der Waals surface area contributed by atoms with E-state index < -0.39 is 0 Å². The second-order valence-electron chi connectivity index (χ2n) is 7.94. The molecule has 0 aliphatic rings. The molecule has 33 heavy (non-hydrogen) atoms. The van der Waals surface area contributed by atoms with Gasteiger partial charge in [0.05, 0.1) is 0 Å². The predicted octanol–water partition coefficient (Wildman–Crippen LogP) is 8.98. The maximum atomic E-state index is 2.33. The summed E-state index contributed by atoms with van der Waals surface area (Å²) in [6.07, 6.45) is 5.32. The Balaban J connectivity index is 1.60. The third-order valence-corrected chi connectivity index (χ3v) is 6.35. The van der Waals surface area contributed by atoms with Gasteiger partial charge in [0.25, 0.3) is 0 Å². The molecule has 0 saturated heterocycles. The molecule has 0 N–H and O–H groups in total. The zero-order valence-electron chi connectivity index (χ0n) is 18.3. The van der Waals surface area contributed by atoms with Gasteiger partial charge in [-0.25, -0.2) is 0 Å². The van der Waals surface area contributed by atoms with Crippen molar-refractivity contribution >= 4 is 40.6 Å². The van der Waals surface area contributed by atoms with Gasteiger partial charge >= 0.3 is 0 Å². The molecule has 0 unspecified atom stereocenters. The van der Waals surface area contributed by atoms with Crippen molar-refractivity contribution in [1.29, 1.82) is 0 Å². The summed E-state index contributed by atoms with van der Waals surface area (Å²) in [5.41, 5.74) is 8.56. The molecule has 160 valence electrons. The Labute approximate surface area is 199 Å². The van der Waals surface area contributed by atoms with Gasteiger partial charge in [0.15, 0.2) is 0 Å². The second kappa shape index (κ2) is 10.2. The Kier molecular flexibility index (Phi) is 6.46. The number of hydrogen-bond donors (Lipinski definition) is 0. The summed E-state index contributed by atoms with van der Waals surface area (Å²) in [4.78, 5) is 2.32. The Hall–Kier alpha value is -3.88. The lowest BCUT2D eigenvalue weighted by molar-refractivity contribution is 1.17. The van der Waals surface area contributed by atoms with Crippen LogP contribution in [0.1, 0.15) is 22.3 Å². The van der Waals surface area contributed by atoms with Crippen LogP contribution in [0.2, 0.25) is 0 Å². The van der Waals surface area contributed by atoms with E-state index in [2.05, 4.69) is 143 Å². The highest BCUT2D eigenvalue weighted by molar-refractivity contribution is 7.08. The first-order valence-electron chi connectivity index (χ1n) is 11.1. The lowest BCUT2D eigenvalue weighted by Crippen LogP contribution is -2.10. The fourth-order valence-corrected chi connectivity index (χ4v) is 4.65. The molecular weight excluding hydrogens is 418 g/mol. The number of benzene rings is 4. The molecule has 0 aliphatic carbocycles. The summed E-state index contributed by atoms with van der Waals surface area (Å²) in [5, 5.41) is 4.29. The molecule has 0 fully saturated rings. The minimum atomic E-state index is 0.884. The zero-order valence-corrected chi connectivity index (χ0v) is 19.2. The van der Waals surface area contributed by atoms with Gasteiger partial charge in [0.1, 0.15) is 0 Å². The summed E-state index contributed by atoms with van der Waals surface area (Å²) in [6, 6.07) is 40.8. The fourth-order valence-electron chi connectivity index (χ4n) is 4.02. The standard InChI is InChI=1S/C31H25NS/c1-4-10-25(11-5-1)22-28-23-31(19-18-27(28)17-16-26-20-21-33-24-26)32(29-12-6-2-7-13-29)30-14-8-3-9-15-30/h1-21,23-24H,22H2/b17-16+. The van der Waals surface area contributed by atoms with Gasteiger partial charge in [-0.3, -0.25) is 0 Å². The lowest BCUT2D eigenvalue weighted by Gasteiger charge is -2.26. The third kappa shape index (κ3) is 5.14. The minimum Gasteiger partial charge on any atom is -0.310 e. The summed E-state index contributed by atoms with van der Waals surface area (Å²) < 4.78 is 0. The smallest absolute Gasteiger partial charge is 0.0464 e. The average molecular weight is 444 g/mol. The molecule has 4 aromatic carbocycles. The van der Waals surface area contributed by atoms with Crippen molar-refractivity contribution in [2.45, 2.75) is 6.42 Å². The van der Waals surface area contributed by atoms with Crippen LogP contribution in [0.4, 0.5) is 17.1 Å². The topological polar surface area (TPSA) is 3.24 Å². The fraction of sp³-hybridized carbons (Fsp3) is 0.0323. The quantitative estimate of drug-likeness (QED) is 0.243. The van der Waals surface area contributed by atoms with Crippen LogP contribution < -0.4 is 4.90 Å². The number of rotatable bonds is 7. The highest BCUT2D eigenvalue weighted by Gasteiger charge is 2.14. The molecule has 0 aliphatic heterocycles. The number of nitrogens with zero attached hydrogens (tertiary/aromatic N) is 1. The summed E-state index contributed by atoms with van der Waals surface area (Å²) >= 11 is 1.73. The van der Waals surface area contributed by atoms with E-state index in [9.17, 15) is 0 Å². The second-order valence-corrected chi connectivity index (χ2v) is 8.72. The van der Waals surface area contributed by atoms with Crippen molar-refractivity contribution in [3.8, 4) is 0 Å². The molecule has 1 aromatic heterocycles. The summed E-state index contributed by atoms with van der Waals surface area (Å²) in [5.74, 6) is 0. The highest BCUT2D eigenvalue weighted by atomic mass is 32.1. The minimum absolute atomic E-state index is 0.884. The molecule has 1 heterocycles. The lowest BCUT2D eigenvalue weighted by atomic mass is 9.97. The molecule has 0 saturated carbocycles. The van der Waals surface area contributed by atoms with Gasteiger partial charge in [0.2, 0.25) is 0 Å². The van der Waals surface area contributed by atoms with Gasteiger partial charge in [-0.05, 0) is 81.9 Å². The molecule has 1 nitrogen and oxygen atoms in total. The van der Waals surface area contributed by atoms with Crippen LogP contribution in [-0.4, -0.2) is 0 Å². The first-order chi connectivity index (χ1) is 16.4. The van der Waals surface area contributed by atoms with Crippen LogP contribution in [0.25, 0.3) is 12.2 Å². The molecule has 0 bridgehead atoms. The average Bonchev–Trinajstić information content (AvgIpc) is 3.40. The van der Waals surface area contributed by atoms with Crippen LogP contribution in [0.5, 0.6) is 0 Å². The Morgan fingerprint density at radius 2 is 1.24 bits per heavy atom. The molecule has 0 spiro atoms. The number of para-hydroxylation sites is 2. The first-order valence-corrected chi connectivity index (χ1v) is 12.1. The molecule has 0 radical (unpaired) electrons. The van der Waals surface area contributed by atoms with E-state index in [1.54, 1.807) is 11.3 Å². The Morgan fingerprint density at radius 3 is 1.85 bits per heavy atom. The van der Waals surface area contributed by atoms with Crippen LogP contribution in [0.15, 0.2) is 126 Å². The molecule has 0 atom stereocenters. The Morgan fingerprint density at radius 1 is 0.606 bits per heavy atom. The van der Waals surface area contributed by atoms with Gasteiger partial charge in [0, 0.05) is 17.1 Å². The van der Waals surface area contributed by atoms with E-state index in [0.29, 0.717) is 0 Å². The van der Waals surface area contributed by atoms with Crippen LogP contribution in [0.3, 0.4) is 0 Å². The van der Waals surface area contributed by atoms with E-state index in [0.717, 1.165) is 23.5 Å². The van der Waals surface area contributed by atoms with E-state index >= 15 is 0 Å². The van der Waals surface area contributed by atoms with Gasteiger partial charge in [-0.2, -0.15) is 11.3 Å². The number of hydrogen-bond acceptors (Lipinski definition) is 2. The molecular formula is C31H25NS. The van der Waals surface area contributed by atoms with Gasteiger partial charge < -0.3 is 4.90 Å². The van der Waals surface area contributed by atoms with Crippen molar-refractivity contribution in [3.63, 3.8) is 0 Å². The number of thiophene rings is 1. The third-order valence-electron chi connectivity index (χ3n) is 5.65. The predicted molar refractivity (Wildman–Crippen MR) is 144 cm³/mol. The first kappa shape index (κ1) is 21.0. The maximum Gasteiger partial charge on any atom is 0.0464 e. The number of anilines is 3. The maximum absolute atomic E-state index is 2.33. The van der Waals surface area contributed by atoms with E-state index in [1.807, 2.05) is 0 Å². The largest absolute Gasteiger partial charge is 0.310 e. The van der Waals surface area contributed by atoms with E-state index in [4.69, 9.17) is 0 Å². The normalized spacial score (nSPS) is 11.0. The molecule has 2 heteroatoms. The monoisotopic (exact) mass is 443 g/mol. The summed E-state index contributed by atoms with van der Waals surface area (Å²) in [7, 11) is 0. The molecule has 5 aromatic rings. The molecule has 5 rings (SSSR count). The Bertz CT molecular complexity index is 1270. The highest BCUT2D eigenvalue weighted by Crippen LogP contribution is 2.35. The van der Waals surface area contributed by atoms with Crippen molar-refractivity contribution < 1.29 is 0 Å². The van der Waals surface area contributed by atoms with Crippen LogP contribution >= 0.6 is 11.3 Å². The zero-order chi connectivity index (χ0) is 22.3. The van der Waals surface area contributed by atoms with Gasteiger partial charge in [-0.15, -0.1) is 0 Å². The van der Waals surface area contributed by atoms with E-state index in [1.165, 1.54) is 22.3 Å². The SMILES string of the molecule is C(=C\c1ccc(N(c2ccccc2)c2ccccc2)cc1Cc1ccccc1)/c1ccsc1. The van der Waals surface area contributed by atoms with E-state index in [-0.39, 0.29) is 0 Å². The van der Waals surface area contributed by atoms with Crippen LogP contribution in [-0.2, 0) is 6.42 Å². The molecule has 0 amide bonds. The van der Waals surface area contributed by atoms with Crippen molar-refractivity contribution in [2.24, 2.45) is 0 Å². The summed E-state index contributed by atoms with van der Waals surface area (Å²) in [6.45, 7) is 0.